The summed E-state index contributed by atoms with van der Waals surface area (Å²) in [6.45, 7) is 0. The van der Waals surface area contributed by atoms with E-state index in [9.17, 15) is 4.79 Å². The molecule has 0 N–H and O–H groups in total. The van der Waals surface area contributed by atoms with Gasteiger partial charge in [0.25, 0.3) is 0 Å². The summed E-state index contributed by atoms with van der Waals surface area (Å²) in [6.07, 6.45) is 1.89. The Kier molecular flexibility index (Phi) is 2.40. The van der Waals surface area contributed by atoms with Crippen molar-refractivity contribution in [3.63, 3.8) is 0 Å². The van der Waals surface area contributed by atoms with E-state index in [1.165, 1.54) is 6.34 Å². The van der Waals surface area contributed by atoms with Gasteiger partial charge in [-0.25, -0.2) is 4.99 Å². The highest BCUT2D eigenvalue weighted by Crippen LogP contribution is 2.17. The lowest BCUT2D eigenvalue weighted by atomic mass is 10.2. The molecule has 0 amide bonds. The predicted octanol–water partition coefficient (Wildman–Crippen LogP) is 1.05. The summed E-state index contributed by atoms with van der Waals surface area (Å²) in [6, 6.07) is 0. The number of nitrogens with zero attached hydrogens (tertiary/aromatic N) is 2. The first-order valence-corrected chi connectivity index (χ1v) is 3.41. The number of halogens is 2. The molecule has 0 aromatic heterocycles. The van der Waals surface area contributed by atoms with Gasteiger partial charge in [-0.15, -0.1) is 0 Å². The fourth-order valence-corrected chi connectivity index (χ4v) is 1.07. The zero-order valence-corrected chi connectivity index (χ0v) is 6.38. The van der Waals surface area contributed by atoms with E-state index in [0.717, 1.165) is 0 Å². The minimum absolute atomic E-state index is 0.199. The van der Waals surface area contributed by atoms with Crippen molar-refractivity contribution < 1.29 is 4.79 Å². The third-order valence-corrected chi connectivity index (χ3v) is 1.84. The van der Waals surface area contributed by atoms with Crippen LogP contribution in [0.1, 0.15) is 0 Å². The van der Waals surface area contributed by atoms with Crippen LogP contribution in [0.25, 0.3) is 0 Å². The number of alkyl halides is 1. The van der Waals surface area contributed by atoms with Crippen LogP contribution in [0.5, 0.6) is 0 Å². The number of aldehydes is 1. The van der Waals surface area contributed by atoms with E-state index < -0.39 is 11.4 Å². The second-order valence-electron chi connectivity index (χ2n) is 1.75. The van der Waals surface area contributed by atoms with Gasteiger partial charge in [-0.05, 0) is 0 Å². The maximum absolute atomic E-state index is 10.3. The van der Waals surface area contributed by atoms with Crippen molar-refractivity contribution in [3.05, 3.63) is 0 Å². The summed E-state index contributed by atoms with van der Waals surface area (Å²) in [5, 5.41) is 0.199. The molecule has 5 heteroatoms. The Morgan fingerprint density at radius 2 is 2.40 bits per heavy atom. The smallest absolute Gasteiger partial charge is 0.141 e. The van der Waals surface area contributed by atoms with Crippen LogP contribution in [0.15, 0.2) is 9.98 Å². The van der Waals surface area contributed by atoms with Gasteiger partial charge >= 0.3 is 0 Å². The number of aliphatic imine (C=N–C) groups is 2. The first-order chi connectivity index (χ1) is 4.75. The standard InChI is InChI=1S/C5H4Cl2N2O/c6-4-3(1-10)5(7)9-2-8-4/h1-4H. The molecule has 0 spiro atoms. The molecule has 3 nitrogen and oxygen atoms in total. The average Bonchev–Trinajstić information content (AvgIpc) is 1.88. The molecule has 10 heavy (non-hydrogen) atoms. The van der Waals surface area contributed by atoms with Gasteiger partial charge in [-0.3, -0.25) is 4.99 Å². The van der Waals surface area contributed by atoms with Crippen LogP contribution in [0.4, 0.5) is 0 Å². The van der Waals surface area contributed by atoms with Gasteiger partial charge in [0.1, 0.15) is 29.2 Å². The van der Waals surface area contributed by atoms with Gasteiger partial charge in [-0.2, -0.15) is 0 Å². The molecule has 1 heterocycles. The molecule has 1 rings (SSSR count). The lowest BCUT2D eigenvalue weighted by Crippen LogP contribution is -2.23. The third-order valence-electron chi connectivity index (χ3n) is 1.11. The number of carbonyl (C=O) groups is 1. The Balaban J connectivity index is 2.80. The molecule has 1 aliphatic rings. The van der Waals surface area contributed by atoms with Crippen LogP contribution >= 0.6 is 23.2 Å². The SMILES string of the molecule is O=CC1C(Cl)=NC=NC1Cl. The Hall–Kier alpha value is -0.410. The largest absolute Gasteiger partial charge is 0.302 e. The fraction of sp³-hybridized carbons (Fsp3) is 0.400. The summed E-state index contributed by atoms with van der Waals surface area (Å²) in [7, 11) is 0. The highest BCUT2D eigenvalue weighted by molar-refractivity contribution is 6.68. The van der Waals surface area contributed by atoms with E-state index >= 15 is 0 Å². The molecule has 0 radical (unpaired) electrons. The molecule has 0 aliphatic carbocycles. The maximum atomic E-state index is 10.3. The van der Waals surface area contributed by atoms with Crippen LogP contribution in [0.2, 0.25) is 0 Å². The Bertz CT molecular complexity index is 202. The monoisotopic (exact) mass is 178 g/mol. The van der Waals surface area contributed by atoms with Crippen LogP contribution in [0, 0.1) is 5.92 Å². The molecule has 2 unspecified atom stereocenters. The normalized spacial score (nSPS) is 31.6. The number of rotatable bonds is 1. The number of hydrogen-bond donors (Lipinski definition) is 0. The first kappa shape index (κ1) is 7.69. The van der Waals surface area contributed by atoms with Crippen LogP contribution < -0.4 is 0 Å². The molecule has 0 aromatic carbocycles. The Labute approximate surface area is 67.8 Å². The van der Waals surface area contributed by atoms with Crippen molar-refractivity contribution in [2.45, 2.75) is 5.50 Å². The quantitative estimate of drug-likeness (QED) is 0.337. The molecule has 0 saturated carbocycles. The summed E-state index contributed by atoms with van der Waals surface area (Å²) in [5.74, 6) is -0.576. The topological polar surface area (TPSA) is 41.8 Å². The van der Waals surface area contributed by atoms with Crippen molar-refractivity contribution >= 4 is 41.0 Å². The Morgan fingerprint density at radius 3 is 2.80 bits per heavy atom. The highest BCUT2D eigenvalue weighted by Gasteiger charge is 2.24. The van der Waals surface area contributed by atoms with Gasteiger partial charge in [0.15, 0.2) is 0 Å². The molecule has 0 aromatic rings. The molecule has 0 fully saturated rings. The van der Waals surface area contributed by atoms with Gasteiger partial charge in [0.2, 0.25) is 0 Å². The van der Waals surface area contributed by atoms with Crippen molar-refractivity contribution in [1.82, 2.24) is 0 Å². The second-order valence-corrected chi connectivity index (χ2v) is 2.59. The number of carbonyl (C=O) groups excluding carboxylic acids is 1. The zero-order valence-electron chi connectivity index (χ0n) is 4.87. The van der Waals surface area contributed by atoms with E-state index in [1.54, 1.807) is 0 Å². The van der Waals surface area contributed by atoms with Gasteiger partial charge in [0, 0.05) is 0 Å². The average molecular weight is 179 g/mol. The van der Waals surface area contributed by atoms with E-state index in [2.05, 4.69) is 9.98 Å². The lowest BCUT2D eigenvalue weighted by molar-refractivity contribution is -0.109. The van der Waals surface area contributed by atoms with Crippen LogP contribution in [-0.2, 0) is 4.79 Å². The summed E-state index contributed by atoms with van der Waals surface area (Å²) < 4.78 is 0. The van der Waals surface area contributed by atoms with Crippen molar-refractivity contribution in [2.24, 2.45) is 15.9 Å². The number of hydrogen-bond acceptors (Lipinski definition) is 3. The summed E-state index contributed by atoms with van der Waals surface area (Å²) >= 11 is 11.1. The van der Waals surface area contributed by atoms with Crippen LogP contribution in [0.3, 0.4) is 0 Å². The van der Waals surface area contributed by atoms with E-state index in [0.29, 0.717) is 6.29 Å². The fourth-order valence-electron chi connectivity index (χ4n) is 0.565. The summed E-state index contributed by atoms with van der Waals surface area (Å²) in [4.78, 5) is 17.5. The van der Waals surface area contributed by atoms with Gasteiger partial charge in [0.05, 0.1) is 0 Å². The molecule has 2 atom stereocenters. The van der Waals surface area contributed by atoms with Gasteiger partial charge < -0.3 is 4.79 Å². The highest BCUT2D eigenvalue weighted by atomic mass is 35.5. The minimum atomic E-state index is -0.595. The van der Waals surface area contributed by atoms with Crippen molar-refractivity contribution in [3.8, 4) is 0 Å². The second kappa shape index (κ2) is 3.12. The van der Waals surface area contributed by atoms with Crippen LogP contribution in [-0.4, -0.2) is 23.3 Å². The minimum Gasteiger partial charge on any atom is -0.302 e. The molecule has 54 valence electrons. The maximum Gasteiger partial charge on any atom is 0.141 e. The molecule has 0 bridgehead atoms. The molecule has 1 aliphatic heterocycles. The predicted molar refractivity (Wildman–Crippen MR) is 41.0 cm³/mol. The zero-order chi connectivity index (χ0) is 7.56. The third kappa shape index (κ3) is 1.36. The Morgan fingerprint density at radius 1 is 1.70 bits per heavy atom. The van der Waals surface area contributed by atoms with E-state index in [-0.39, 0.29) is 5.17 Å². The lowest BCUT2D eigenvalue weighted by Gasteiger charge is -2.12. The summed E-state index contributed by atoms with van der Waals surface area (Å²) in [5.41, 5.74) is -0.595. The first-order valence-electron chi connectivity index (χ1n) is 2.60. The van der Waals surface area contributed by atoms with Gasteiger partial charge in [-0.1, -0.05) is 23.2 Å². The molecular weight excluding hydrogens is 175 g/mol. The molecule has 0 saturated heterocycles. The van der Waals surface area contributed by atoms with Crippen molar-refractivity contribution in [1.29, 1.82) is 0 Å². The van der Waals surface area contributed by atoms with Crippen molar-refractivity contribution in [2.75, 3.05) is 0 Å². The van der Waals surface area contributed by atoms with E-state index in [4.69, 9.17) is 23.2 Å². The van der Waals surface area contributed by atoms with E-state index in [1.807, 2.05) is 0 Å². The molecular formula is C5H4Cl2N2O.